The summed E-state index contributed by atoms with van der Waals surface area (Å²) in [6, 6.07) is 13.3. The van der Waals surface area contributed by atoms with Crippen LogP contribution in [0.4, 0.5) is 5.82 Å². The predicted octanol–water partition coefficient (Wildman–Crippen LogP) is 3.31. The number of hydrogen-bond acceptors (Lipinski definition) is 10. The molecular formula is C24H24N6O5S. The second kappa shape index (κ2) is 10.5. The molecule has 0 saturated carbocycles. The van der Waals surface area contributed by atoms with E-state index < -0.39 is 10.0 Å². The molecule has 0 saturated heterocycles. The first kappa shape index (κ1) is 24.8. The Labute approximate surface area is 208 Å². The molecule has 1 aromatic carbocycles. The number of hydrogen-bond donors (Lipinski definition) is 2. The van der Waals surface area contributed by atoms with Crippen molar-refractivity contribution in [3.8, 4) is 34.5 Å². The predicted molar refractivity (Wildman–Crippen MR) is 133 cm³/mol. The molecule has 12 heteroatoms. The minimum atomic E-state index is -4.15. The van der Waals surface area contributed by atoms with Crippen LogP contribution < -0.4 is 24.7 Å². The van der Waals surface area contributed by atoms with Crippen molar-refractivity contribution in [2.45, 2.75) is 18.5 Å². The van der Waals surface area contributed by atoms with Crippen molar-refractivity contribution in [1.82, 2.24) is 19.9 Å². The Morgan fingerprint density at radius 2 is 1.75 bits per heavy atom. The molecule has 36 heavy (non-hydrogen) atoms. The molecule has 0 fully saturated rings. The summed E-state index contributed by atoms with van der Waals surface area (Å²) in [6.07, 6.45) is 3.02. The number of ether oxygens (including phenoxy) is 3. The van der Waals surface area contributed by atoms with Gasteiger partial charge >= 0.3 is 0 Å². The molecule has 0 aliphatic heterocycles. The summed E-state index contributed by atoms with van der Waals surface area (Å²) in [7, 11) is -1.27. The lowest BCUT2D eigenvalue weighted by Gasteiger charge is -2.17. The number of pyridine rings is 2. The lowest BCUT2D eigenvalue weighted by atomic mass is 10.2. The first-order valence-corrected chi connectivity index (χ1v) is 12.2. The monoisotopic (exact) mass is 508 g/mol. The van der Waals surface area contributed by atoms with Crippen LogP contribution in [0.5, 0.6) is 23.1 Å². The van der Waals surface area contributed by atoms with Crippen LogP contribution in [0.25, 0.3) is 11.4 Å². The molecule has 0 atom stereocenters. The number of methoxy groups -OCH3 is 2. The van der Waals surface area contributed by atoms with Gasteiger partial charge in [0.15, 0.2) is 28.2 Å². The fraction of sp³-hybridized carbons (Fsp3) is 0.167. The first-order chi connectivity index (χ1) is 17.3. The van der Waals surface area contributed by atoms with Crippen LogP contribution in [0.15, 0.2) is 66.0 Å². The lowest BCUT2D eigenvalue weighted by Crippen LogP contribution is -2.17. The highest BCUT2D eigenvalue weighted by atomic mass is 32.2. The minimum Gasteiger partial charge on any atom is -0.493 e. The molecule has 0 aliphatic rings. The number of aromatic nitrogens is 4. The maximum Gasteiger partial charge on any atom is 0.280 e. The van der Waals surface area contributed by atoms with Crippen LogP contribution in [-0.4, -0.2) is 42.6 Å². The van der Waals surface area contributed by atoms with Gasteiger partial charge in [-0.2, -0.15) is 13.4 Å². The molecule has 3 heterocycles. The Morgan fingerprint density at radius 3 is 2.42 bits per heavy atom. The second-order valence-corrected chi connectivity index (χ2v) is 9.14. The Balaban J connectivity index is 1.87. The van der Waals surface area contributed by atoms with Gasteiger partial charge in [0.2, 0.25) is 5.75 Å². The number of nitrogens with two attached hydrogens (primary N) is 1. The fourth-order valence-electron chi connectivity index (χ4n) is 3.19. The molecule has 0 spiro atoms. The number of benzene rings is 1. The van der Waals surface area contributed by atoms with E-state index in [1.807, 2.05) is 6.92 Å². The van der Waals surface area contributed by atoms with Gasteiger partial charge in [-0.3, -0.25) is 9.71 Å². The molecule has 4 aromatic rings. The van der Waals surface area contributed by atoms with Gasteiger partial charge in [-0.1, -0.05) is 18.2 Å². The maximum atomic E-state index is 13.2. The van der Waals surface area contributed by atoms with E-state index in [4.69, 9.17) is 19.9 Å². The molecule has 0 aliphatic carbocycles. The summed E-state index contributed by atoms with van der Waals surface area (Å²) in [5.41, 5.74) is 7.70. The number of rotatable bonds is 9. The number of nitrogens with zero attached hydrogens (tertiary/aromatic N) is 4. The van der Waals surface area contributed by atoms with Crippen molar-refractivity contribution in [3.63, 3.8) is 0 Å². The molecule has 4 rings (SSSR count). The van der Waals surface area contributed by atoms with E-state index in [1.54, 1.807) is 48.7 Å². The Kier molecular flexibility index (Phi) is 7.27. The summed E-state index contributed by atoms with van der Waals surface area (Å²) in [5.74, 6) is 0.667. The second-order valence-electron chi connectivity index (χ2n) is 7.51. The fourth-order valence-corrected chi connectivity index (χ4v) is 4.13. The van der Waals surface area contributed by atoms with Gasteiger partial charge in [0, 0.05) is 24.5 Å². The Hall–Kier alpha value is -4.29. The number of para-hydroxylation sites is 2. The zero-order chi connectivity index (χ0) is 25.7. The van der Waals surface area contributed by atoms with Gasteiger partial charge in [0.25, 0.3) is 15.9 Å². The van der Waals surface area contributed by atoms with Gasteiger partial charge in [-0.15, -0.1) is 0 Å². The number of aryl methyl sites for hydroxylation is 1. The average molecular weight is 509 g/mol. The van der Waals surface area contributed by atoms with Gasteiger partial charge < -0.3 is 19.9 Å². The van der Waals surface area contributed by atoms with Gasteiger partial charge in [-0.25, -0.2) is 9.97 Å². The SMILES string of the molecule is COc1ccccc1Oc1c(NS(=O)(=O)c2ccc(C)cn2)nc(-c2ccnc(CN)c2)nc1OC. The van der Waals surface area contributed by atoms with E-state index in [9.17, 15) is 8.42 Å². The minimum absolute atomic E-state index is 0.00779. The summed E-state index contributed by atoms with van der Waals surface area (Å²) >= 11 is 0. The smallest absolute Gasteiger partial charge is 0.280 e. The van der Waals surface area contributed by atoms with Crippen molar-refractivity contribution in [2.24, 2.45) is 5.73 Å². The number of sulfonamides is 1. The van der Waals surface area contributed by atoms with Crippen molar-refractivity contribution >= 4 is 15.8 Å². The largest absolute Gasteiger partial charge is 0.493 e. The van der Waals surface area contributed by atoms with E-state index in [2.05, 4.69) is 24.7 Å². The third-order valence-electron chi connectivity index (χ3n) is 4.98. The van der Waals surface area contributed by atoms with Crippen LogP contribution in [-0.2, 0) is 16.6 Å². The van der Waals surface area contributed by atoms with Crippen LogP contribution in [0.1, 0.15) is 11.3 Å². The van der Waals surface area contributed by atoms with Crippen molar-refractivity contribution in [1.29, 1.82) is 0 Å². The van der Waals surface area contributed by atoms with Crippen LogP contribution in [0.3, 0.4) is 0 Å². The van der Waals surface area contributed by atoms with E-state index in [1.165, 1.54) is 26.5 Å². The highest BCUT2D eigenvalue weighted by Gasteiger charge is 2.25. The van der Waals surface area contributed by atoms with Gasteiger partial charge in [0.1, 0.15) is 0 Å². The number of anilines is 1. The molecule has 0 radical (unpaired) electrons. The maximum absolute atomic E-state index is 13.2. The quantitative estimate of drug-likeness (QED) is 0.344. The molecule has 3 N–H and O–H groups in total. The van der Waals surface area contributed by atoms with Crippen LogP contribution >= 0.6 is 0 Å². The normalized spacial score (nSPS) is 11.1. The highest BCUT2D eigenvalue weighted by molar-refractivity contribution is 7.92. The van der Waals surface area contributed by atoms with Gasteiger partial charge in [-0.05, 0) is 42.8 Å². The zero-order valence-electron chi connectivity index (χ0n) is 19.8. The Bertz CT molecular complexity index is 1480. The van der Waals surface area contributed by atoms with Crippen molar-refractivity contribution in [3.05, 3.63) is 72.2 Å². The van der Waals surface area contributed by atoms with E-state index >= 15 is 0 Å². The molecule has 0 bridgehead atoms. The molecule has 0 amide bonds. The van der Waals surface area contributed by atoms with E-state index in [-0.39, 0.29) is 34.8 Å². The first-order valence-electron chi connectivity index (χ1n) is 10.7. The number of nitrogens with one attached hydrogen (secondary N) is 1. The lowest BCUT2D eigenvalue weighted by molar-refractivity contribution is 0.348. The summed E-state index contributed by atoms with van der Waals surface area (Å²) in [6.45, 7) is 2.01. The van der Waals surface area contributed by atoms with E-state index in [0.29, 0.717) is 22.8 Å². The van der Waals surface area contributed by atoms with Crippen LogP contribution in [0.2, 0.25) is 0 Å². The average Bonchev–Trinajstić information content (AvgIpc) is 2.89. The molecule has 3 aromatic heterocycles. The van der Waals surface area contributed by atoms with Gasteiger partial charge in [0.05, 0.1) is 19.9 Å². The third kappa shape index (κ3) is 5.34. The van der Waals surface area contributed by atoms with Crippen molar-refractivity contribution < 1.29 is 22.6 Å². The molecule has 11 nitrogen and oxygen atoms in total. The van der Waals surface area contributed by atoms with Crippen LogP contribution in [0, 0.1) is 6.92 Å². The Morgan fingerprint density at radius 1 is 0.972 bits per heavy atom. The topological polar surface area (TPSA) is 151 Å². The molecule has 0 unspecified atom stereocenters. The summed E-state index contributed by atoms with van der Waals surface area (Å²) in [5, 5.41) is -0.190. The zero-order valence-corrected chi connectivity index (χ0v) is 20.6. The molecule has 186 valence electrons. The van der Waals surface area contributed by atoms with Crippen molar-refractivity contribution in [2.75, 3.05) is 18.9 Å². The standard InChI is InChI=1S/C24H24N6O5S/c1-15-8-9-20(27-14-15)36(31,32)30-23-21(35-19-7-5-4-6-18(19)33-2)24(34-3)29-22(28-23)16-10-11-26-17(12-16)13-25/h4-12,14H,13,25H2,1-3H3,(H,28,29,30). The third-order valence-corrected chi connectivity index (χ3v) is 6.24. The van der Waals surface area contributed by atoms with E-state index in [0.717, 1.165) is 5.56 Å². The molecular weight excluding hydrogens is 484 g/mol. The summed E-state index contributed by atoms with van der Waals surface area (Å²) in [4.78, 5) is 17.1. The summed E-state index contributed by atoms with van der Waals surface area (Å²) < 4.78 is 45.8. The highest BCUT2D eigenvalue weighted by Crippen LogP contribution is 2.41.